The minimum absolute atomic E-state index is 0.0192. The fourth-order valence-corrected chi connectivity index (χ4v) is 2.42. The number of nitrogens with one attached hydrogen (secondary N) is 1. The highest BCUT2D eigenvalue weighted by molar-refractivity contribution is 5.17. The predicted molar refractivity (Wildman–Crippen MR) is 89.3 cm³/mol. The molecular formula is C19H25NO2. The van der Waals surface area contributed by atoms with Gasteiger partial charge < -0.3 is 4.42 Å². The first kappa shape index (κ1) is 16.5. The zero-order valence-corrected chi connectivity index (χ0v) is 13.4. The Morgan fingerprint density at radius 3 is 2.59 bits per heavy atom. The van der Waals surface area contributed by atoms with Gasteiger partial charge in [0, 0.05) is 0 Å². The molecule has 0 aliphatic heterocycles. The molecule has 0 saturated heterocycles. The molecule has 2 atom stereocenters. The van der Waals surface area contributed by atoms with Gasteiger partial charge in [0.1, 0.15) is 17.6 Å². The van der Waals surface area contributed by atoms with Gasteiger partial charge in [-0.2, -0.15) is 5.48 Å². The van der Waals surface area contributed by atoms with E-state index in [2.05, 4.69) is 31.1 Å². The third-order valence-corrected chi connectivity index (χ3v) is 3.58. The summed E-state index contributed by atoms with van der Waals surface area (Å²) in [5, 5.41) is 0. The number of hydroxylamine groups is 1. The molecule has 3 nitrogen and oxygen atoms in total. The largest absolute Gasteiger partial charge is 0.465 e. The monoisotopic (exact) mass is 299 g/mol. The lowest BCUT2D eigenvalue weighted by molar-refractivity contribution is -0.0535. The summed E-state index contributed by atoms with van der Waals surface area (Å²) in [7, 11) is 0. The summed E-state index contributed by atoms with van der Waals surface area (Å²) in [6.45, 7) is 7.92. The molecule has 1 aromatic carbocycles. The molecule has 3 heteroatoms. The van der Waals surface area contributed by atoms with E-state index < -0.39 is 0 Å². The molecule has 0 fully saturated rings. The molecular weight excluding hydrogens is 274 g/mol. The van der Waals surface area contributed by atoms with Gasteiger partial charge in [0.05, 0.1) is 6.04 Å². The topological polar surface area (TPSA) is 34.4 Å². The van der Waals surface area contributed by atoms with Crippen molar-refractivity contribution in [2.45, 2.75) is 45.3 Å². The summed E-state index contributed by atoms with van der Waals surface area (Å²) in [4.78, 5) is 5.99. The number of hydrogen-bond donors (Lipinski definition) is 1. The van der Waals surface area contributed by atoms with Crippen molar-refractivity contribution in [3.8, 4) is 0 Å². The number of aryl methyl sites for hydroxylation is 1. The van der Waals surface area contributed by atoms with Crippen LogP contribution >= 0.6 is 0 Å². The van der Waals surface area contributed by atoms with E-state index in [4.69, 9.17) is 9.25 Å². The lowest BCUT2D eigenvalue weighted by atomic mass is 10.1. The van der Waals surface area contributed by atoms with Crippen LogP contribution in [-0.2, 0) is 4.84 Å². The van der Waals surface area contributed by atoms with Crippen molar-refractivity contribution in [3.05, 3.63) is 72.2 Å². The summed E-state index contributed by atoms with van der Waals surface area (Å²) in [6, 6.07) is 14.2. The molecule has 2 aromatic rings. The molecule has 2 rings (SSSR count). The summed E-state index contributed by atoms with van der Waals surface area (Å²) in [6.07, 6.45) is 4.69. The Morgan fingerprint density at radius 2 is 2.00 bits per heavy atom. The quantitative estimate of drug-likeness (QED) is 0.506. The van der Waals surface area contributed by atoms with E-state index in [9.17, 15) is 0 Å². The molecule has 118 valence electrons. The first-order valence-corrected chi connectivity index (χ1v) is 7.88. The van der Waals surface area contributed by atoms with Gasteiger partial charge in [-0.3, -0.25) is 4.84 Å². The van der Waals surface area contributed by atoms with Gasteiger partial charge in [0.2, 0.25) is 0 Å². The van der Waals surface area contributed by atoms with Gasteiger partial charge in [0.25, 0.3) is 0 Å². The SMILES string of the molecule is C=CC[C@@H](NO[C@H](CCC)c1ccccc1)c1ccc(C)o1. The van der Waals surface area contributed by atoms with Gasteiger partial charge in [-0.1, -0.05) is 49.8 Å². The molecule has 0 spiro atoms. The Morgan fingerprint density at radius 1 is 1.23 bits per heavy atom. The van der Waals surface area contributed by atoms with Crippen LogP contribution in [0.5, 0.6) is 0 Å². The van der Waals surface area contributed by atoms with E-state index >= 15 is 0 Å². The van der Waals surface area contributed by atoms with Gasteiger partial charge in [-0.25, -0.2) is 0 Å². The van der Waals surface area contributed by atoms with E-state index in [0.29, 0.717) is 0 Å². The van der Waals surface area contributed by atoms with E-state index in [-0.39, 0.29) is 12.1 Å². The highest BCUT2D eigenvalue weighted by Gasteiger charge is 2.17. The van der Waals surface area contributed by atoms with Crippen LogP contribution in [0.1, 0.15) is 55.4 Å². The van der Waals surface area contributed by atoms with Crippen molar-refractivity contribution in [1.29, 1.82) is 0 Å². The predicted octanol–water partition coefficient (Wildman–Crippen LogP) is 5.27. The number of rotatable bonds is 9. The van der Waals surface area contributed by atoms with E-state index in [1.165, 1.54) is 5.56 Å². The molecule has 0 unspecified atom stereocenters. The van der Waals surface area contributed by atoms with Gasteiger partial charge in [0.15, 0.2) is 0 Å². The van der Waals surface area contributed by atoms with Crippen LogP contribution in [0.3, 0.4) is 0 Å². The molecule has 1 aromatic heterocycles. The average Bonchev–Trinajstić information content (AvgIpc) is 2.97. The highest BCUT2D eigenvalue weighted by Crippen LogP contribution is 2.25. The minimum atomic E-state index is -0.0192. The van der Waals surface area contributed by atoms with Crippen LogP contribution in [0.25, 0.3) is 0 Å². The second-order valence-electron chi connectivity index (χ2n) is 5.45. The van der Waals surface area contributed by atoms with Gasteiger partial charge in [-0.05, 0) is 37.5 Å². The van der Waals surface area contributed by atoms with Crippen molar-refractivity contribution in [2.24, 2.45) is 0 Å². The number of hydrogen-bond acceptors (Lipinski definition) is 3. The fourth-order valence-electron chi connectivity index (χ4n) is 2.42. The third kappa shape index (κ3) is 4.58. The summed E-state index contributed by atoms with van der Waals surface area (Å²) < 4.78 is 5.71. The van der Waals surface area contributed by atoms with Crippen molar-refractivity contribution in [1.82, 2.24) is 5.48 Å². The Labute approximate surface area is 132 Å². The second-order valence-corrected chi connectivity index (χ2v) is 5.45. The van der Waals surface area contributed by atoms with Crippen molar-refractivity contribution >= 4 is 0 Å². The Balaban J connectivity index is 2.04. The first-order chi connectivity index (χ1) is 10.7. The van der Waals surface area contributed by atoms with E-state index in [0.717, 1.165) is 30.8 Å². The average molecular weight is 299 g/mol. The van der Waals surface area contributed by atoms with Crippen molar-refractivity contribution < 1.29 is 9.25 Å². The van der Waals surface area contributed by atoms with E-state index in [1.54, 1.807) is 0 Å². The smallest absolute Gasteiger partial charge is 0.123 e. The Kier molecular flexibility index (Phi) is 6.44. The molecule has 0 amide bonds. The van der Waals surface area contributed by atoms with Crippen LogP contribution in [0.15, 0.2) is 59.5 Å². The molecule has 0 saturated carbocycles. The zero-order valence-electron chi connectivity index (χ0n) is 13.4. The van der Waals surface area contributed by atoms with E-state index in [1.807, 2.05) is 43.3 Å². The van der Waals surface area contributed by atoms with Crippen LogP contribution in [0, 0.1) is 6.92 Å². The molecule has 0 aliphatic rings. The maximum absolute atomic E-state index is 5.99. The van der Waals surface area contributed by atoms with Crippen LogP contribution in [-0.4, -0.2) is 0 Å². The molecule has 0 bridgehead atoms. The third-order valence-electron chi connectivity index (χ3n) is 3.58. The summed E-state index contributed by atoms with van der Waals surface area (Å²) in [5.74, 6) is 1.78. The van der Waals surface area contributed by atoms with Gasteiger partial charge in [-0.15, -0.1) is 6.58 Å². The molecule has 1 heterocycles. The zero-order chi connectivity index (χ0) is 15.8. The van der Waals surface area contributed by atoms with Crippen molar-refractivity contribution in [2.75, 3.05) is 0 Å². The lowest BCUT2D eigenvalue weighted by Gasteiger charge is -2.21. The maximum Gasteiger partial charge on any atom is 0.123 e. The van der Waals surface area contributed by atoms with Crippen LogP contribution in [0.4, 0.5) is 0 Å². The standard InChI is InChI=1S/C19H25NO2/c1-4-9-17(19-14-13-15(3)21-19)20-22-18(10-5-2)16-11-7-6-8-12-16/h4,6-8,11-14,17-18,20H,1,5,9-10H2,2-3H3/t17-,18-/m1/s1. The molecule has 22 heavy (non-hydrogen) atoms. The summed E-state index contributed by atoms with van der Waals surface area (Å²) >= 11 is 0. The van der Waals surface area contributed by atoms with Gasteiger partial charge >= 0.3 is 0 Å². The first-order valence-electron chi connectivity index (χ1n) is 7.88. The Bertz CT molecular complexity index is 562. The normalized spacial score (nSPS) is 13.7. The fraction of sp³-hybridized carbons (Fsp3) is 0.368. The molecule has 0 aliphatic carbocycles. The number of furan rings is 1. The highest BCUT2D eigenvalue weighted by atomic mass is 16.7. The minimum Gasteiger partial charge on any atom is -0.465 e. The number of benzene rings is 1. The van der Waals surface area contributed by atoms with Crippen LogP contribution in [0.2, 0.25) is 0 Å². The molecule has 0 radical (unpaired) electrons. The second kappa shape index (κ2) is 8.57. The van der Waals surface area contributed by atoms with Crippen molar-refractivity contribution in [3.63, 3.8) is 0 Å². The summed E-state index contributed by atoms with van der Waals surface area (Å²) in [5.41, 5.74) is 4.35. The Hall–Kier alpha value is -1.84. The van der Waals surface area contributed by atoms with Crippen LogP contribution < -0.4 is 5.48 Å². The molecule has 1 N–H and O–H groups in total. The lowest BCUT2D eigenvalue weighted by Crippen LogP contribution is -2.23. The maximum atomic E-state index is 5.99.